The summed E-state index contributed by atoms with van der Waals surface area (Å²) in [4.78, 5) is 38.9. The summed E-state index contributed by atoms with van der Waals surface area (Å²) in [5.74, 6) is 3.70. The molecule has 190 valence electrons. The topological polar surface area (TPSA) is 136 Å². The molecule has 1 aliphatic heterocycles. The minimum Gasteiger partial charge on any atom is -0.481 e. The Morgan fingerprint density at radius 1 is 1.14 bits per heavy atom. The number of carbonyl (C=O) groups excluding carboxylic acids is 3. The molecule has 0 aliphatic carbocycles. The van der Waals surface area contributed by atoms with Gasteiger partial charge in [-0.1, -0.05) is 24.1 Å². The normalized spacial score (nSPS) is 16.6. The fourth-order valence-electron chi connectivity index (χ4n) is 3.71. The summed E-state index contributed by atoms with van der Waals surface area (Å²) in [5, 5.41) is 0. The maximum absolute atomic E-state index is 13.7. The number of rotatable bonds is 7. The fourth-order valence-corrected chi connectivity index (χ4v) is 5.26. The molecule has 0 aromatic heterocycles. The van der Waals surface area contributed by atoms with Gasteiger partial charge in [0.25, 0.3) is 5.91 Å². The molecule has 2 aromatic rings. The standard InChI is InChI=1S/C25H27N3O7S/c1-4-5-14-35-19-10-12-20(13-11-19)36(32,33)28-15-18-8-6-7-9-21(18)27(16-22(28)25(31)34-3)24(30)23(26)17(2)29/h6-13,22-23H,14-16,26H2,1-3H3. The van der Waals surface area contributed by atoms with E-state index in [2.05, 4.69) is 11.8 Å². The highest BCUT2D eigenvalue weighted by Crippen LogP contribution is 2.32. The summed E-state index contributed by atoms with van der Waals surface area (Å²) in [6, 6.07) is 9.44. The summed E-state index contributed by atoms with van der Waals surface area (Å²) in [6.45, 7) is 2.41. The van der Waals surface area contributed by atoms with Gasteiger partial charge in [0.2, 0.25) is 10.0 Å². The quantitative estimate of drug-likeness (QED) is 0.330. The number of benzene rings is 2. The van der Waals surface area contributed by atoms with Gasteiger partial charge in [0.1, 0.15) is 24.4 Å². The van der Waals surface area contributed by atoms with E-state index in [1.165, 1.54) is 36.1 Å². The molecule has 1 heterocycles. The maximum Gasteiger partial charge on any atom is 0.326 e. The van der Waals surface area contributed by atoms with Gasteiger partial charge in [-0.05, 0) is 49.7 Å². The van der Waals surface area contributed by atoms with Gasteiger partial charge in [0, 0.05) is 12.2 Å². The number of esters is 1. The summed E-state index contributed by atoms with van der Waals surface area (Å²) >= 11 is 0. The van der Waals surface area contributed by atoms with Gasteiger partial charge in [0.05, 0.1) is 18.6 Å². The predicted octanol–water partition coefficient (Wildman–Crippen LogP) is 1.08. The molecule has 3 rings (SSSR count). The van der Waals surface area contributed by atoms with Crippen molar-refractivity contribution >= 4 is 33.4 Å². The summed E-state index contributed by atoms with van der Waals surface area (Å²) in [7, 11) is -3.12. The zero-order chi connectivity index (χ0) is 26.5. The molecular formula is C25H27N3O7S. The molecule has 0 saturated carbocycles. The van der Waals surface area contributed by atoms with Crippen LogP contribution in [0.5, 0.6) is 5.75 Å². The number of hydrogen-bond donors (Lipinski definition) is 1. The molecule has 2 unspecified atom stereocenters. The molecular weight excluding hydrogens is 486 g/mol. The van der Waals surface area contributed by atoms with Gasteiger partial charge >= 0.3 is 5.97 Å². The number of ketones is 1. The van der Waals surface area contributed by atoms with E-state index >= 15 is 0 Å². The van der Waals surface area contributed by atoms with Gasteiger partial charge in [-0.15, -0.1) is 5.92 Å². The van der Waals surface area contributed by atoms with Crippen LogP contribution in [0.1, 0.15) is 19.4 Å². The van der Waals surface area contributed by atoms with Gasteiger partial charge in [-0.2, -0.15) is 4.31 Å². The highest BCUT2D eigenvalue weighted by molar-refractivity contribution is 7.89. The Bertz CT molecular complexity index is 1310. The van der Waals surface area contributed by atoms with Crippen molar-refractivity contribution in [3.63, 3.8) is 0 Å². The number of amides is 1. The van der Waals surface area contributed by atoms with Crippen LogP contribution in [-0.4, -0.2) is 62.7 Å². The Hall–Kier alpha value is -3.72. The minimum absolute atomic E-state index is 0.0805. The van der Waals surface area contributed by atoms with Crippen LogP contribution in [0.25, 0.3) is 0 Å². The van der Waals surface area contributed by atoms with E-state index in [9.17, 15) is 22.8 Å². The van der Waals surface area contributed by atoms with Crippen molar-refractivity contribution in [2.24, 2.45) is 5.73 Å². The van der Waals surface area contributed by atoms with E-state index in [1.807, 2.05) is 0 Å². The lowest BCUT2D eigenvalue weighted by molar-refractivity contribution is -0.145. The molecule has 2 atom stereocenters. The minimum atomic E-state index is -4.25. The molecule has 0 spiro atoms. The van der Waals surface area contributed by atoms with Crippen molar-refractivity contribution in [1.82, 2.24) is 4.31 Å². The van der Waals surface area contributed by atoms with Crippen LogP contribution in [0.3, 0.4) is 0 Å². The predicted molar refractivity (Wildman–Crippen MR) is 131 cm³/mol. The summed E-state index contributed by atoms with van der Waals surface area (Å²) < 4.78 is 38.8. The first-order chi connectivity index (χ1) is 17.1. The zero-order valence-corrected chi connectivity index (χ0v) is 20.9. The average Bonchev–Trinajstić information content (AvgIpc) is 3.05. The molecule has 10 nitrogen and oxygen atoms in total. The largest absolute Gasteiger partial charge is 0.481 e. The number of nitrogens with zero attached hydrogens (tertiary/aromatic N) is 2. The summed E-state index contributed by atoms with van der Waals surface area (Å²) in [5.41, 5.74) is 6.62. The smallest absolute Gasteiger partial charge is 0.326 e. The van der Waals surface area contributed by atoms with Gasteiger partial charge in [-0.3, -0.25) is 14.4 Å². The van der Waals surface area contributed by atoms with E-state index in [1.54, 1.807) is 31.2 Å². The average molecular weight is 514 g/mol. The number of sulfonamides is 1. The van der Waals surface area contributed by atoms with Gasteiger partial charge in [-0.25, -0.2) is 8.42 Å². The first kappa shape index (κ1) is 26.9. The van der Waals surface area contributed by atoms with E-state index in [0.717, 1.165) is 11.4 Å². The van der Waals surface area contributed by atoms with Crippen LogP contribution in [-0.2, 0) is 35.7 Å². The highest BCUT2D eigenvalue weighted by Gasteiger charge is 2.43. The molecule has 0 bridgehead atoms. The van der Waals surface area contributed by atoms with Crippen LogP contribution in [0.2, 0.25) is 0 Å². The lowest BCUT2D eigenvalue weighted by Crippen LogP contribution is -2.54. The van der Waals surface area contributed by atoms with Crippen molar-refractivity contribution in [3.8, 4) is 17.6 Å². The van der Waals surface area contributed by atoms with E-state index in [0.29, 0.717) is 17.0 Å². The molecule has 1 amide bonds. The van der Waals surface area contributed by atoms with Gasteiger partial charge in [0.15, 0.2) is 5.78 Å². The molecule has 1 aliphatic rings. The van der Waals surface area contributed by atoms with Crippen molar-refractivity contribution in [2.45, 2.75) is 37.4 Å². The Kier molecular flexibility index (Phi) is 8.47. The summed E-state index contributed by atoms with van der Waals surface area (Å²) in [6.07, 6.45) is 0. The number of para-hydroxylation sites is 1. The maximum atomic E-state index is 13.7. The number of fused-ring (bicyclic) bond motifs is 1. The Morgan fingerprint density at radius 3 is 2.42 bits per heavy atom. The second-order valence-electron chi connectivity index (χ2n) is 7.94. The Balaban J connectivity index is 2.06. The lowest BCUT2D eigenvalue weighted by atomic mass is 10.1. The zero-order valence-electron chi connectivity index (χ0n) is 20.1. The third kappa shape index (κ3) is 5.57. The first-order valence-corrected chi connectivity index (χ1v) is 12.4. The second kappa shape index (κ2) is 11.3. The van der Waals surface area contributed by atoms with Crippen LogP contribution < -0.4 is 15.4 Å². The number of methoxy groups -OCH3 is 1. The van der Waals surface area contributed by atoms with Crippen molar-refractivity contribution in [2.75, 3.05) is 25.2 Å². The van der Waals surface area contributed by atoms with E-state index in [-0.39, 0.29) is 24.6 Å². The fraction of sp³-hybridized carbons (Fsp3) is 0.320. The van der Waals surface area contributed by atoms with Crippen LogP contribution >= 0.6 is 0 Å². The van der Waals surface area contributed by atoms with Crippen LogP contribution in [0, 0.1) is 11.8 Å². The number of anilines is 1. The lowest BCUT2D eigenvalue weighted by Gasteiger charge is -2.30. The third-order valence-electron chi connectivity index (χ3n) is 5.67. The van der Waals surface area contributed by atoms with Crippen molar-refractivity contribution < 1.29 is 32.3 Å². The number of ether oxygens (including phenoxy) is 2. The Labute approximate surface area is 210 Å². The second-order valence-corrected chi connectivity index (χ2v) is 9.83. The third-order valence-corrected chi connectivity index (χ3v) is 7.54. The van der Waals surface area contributed by atoms with E-state index in [4.69, 9.17) is 15.2 Å². The number of Topliss-reactive ketones (excluding diaryl/α,β-unsaturated/α-hetero) is 1. The number of nitrogens with two attached hydrogens (primary N) is 1. The number of hydrogen-bond acceptors (Lipinski definition) is 8. The monoisotopic (exact) mass is 513 g/mol. The molecule has 36 heavy (non-hydrogen) atoms. The molecule has 0 saturated heterocycles. The van der Waals surface area contributed by atoms with Crippen molar-refractivity contribution in [1.29, 1.82) is 0 Å². The molecule has 11 heteroatoms. The SMILES string of the molecule is CC#CCOc1ccc(S(=O)(=O)N2Cc3ccccc3N(C(=O)C(N)C(C)=O)CC2C(=O)OC)cc1. The first-order valence-electron chi connectivity index (χ1n) is 11.0. The van der Waals surface area contributed by atoms with Crippen LogP contribution in [0.15, 0.2) is 53.4 Å². The number of carbonyl (C=O) groups is 3. The van der Waals surface area contributed by atoms with Crippen LogP contribution in [0.4, 0.5) is 5.69 Å². The molecule has 2 aromatic carbocycles. The Morgan fingerprint density at radius 2 is 1.81 bits per heavy atom. The van der Waals surface area contributed by atoms with Crippen molar-refractivity contribution in [3.05, 3.63) is 54.1 Å². The molecule has 0 radical (unpaired) electrons. The molecule has 2 N–H and O–H groups in total. The van der Waals surface area contributed by atoms with E-state index < -0.39 is 39.8 Å². The highest BCUT2D eigenvalue weighted by atomic mass is 32.2. The van der Waals surface area contributed by atoms with Gasteiger partial charge < -0.3 is 20.1 Å². The molecule has 0 fully saturated rings.